The molecule has 0 saturated heterocycles. The van der Waals surface area contributed by atoms with Gasteiger partial charge in [-0.25, -0.2) is 0 Å². The molecule has 4 aliphatic rings. The van der Waals surface area contributed by atoms with E-state index in [1.54, 1.807) is 11.1 Å². The van der Waals surface area contributed by atoms with Gasteiger partial charge in [0.1, 0.15) is 0 Å². The van der Waals surface area contributed by atoms with E-state index in [1.807, 2.05) is 5.57 Å². The first-order valence-corrected chi connectivity index (χ1v) is 12.3. The number of rotatable bonds is 7. The van der Waals surface area contributed by atoms with Gasteiger partial charge in [-0.3, -0.25) is 0 Å². The monoisotopic (exact) mass is 386 g/mol. The minimum absolute atomic E-state index is 0.00722. The van der Waals surface area contributed by atoms with E-state index in [1.165, 1.54) is 70.0 Å². The van der Waals surface area contributed by atoms with Crippen LogP contribution in [0.2, 0.25) is 0 Å². The van der Waals surface area contributed by atoms with Crippen molar-refractivity contribution in [2.45, 2.75) is 104 Å². The van der Waals surface area contributed by atoms with Crippen molar-refractivity contribution in [2.75, 3.05) is 6.61 Å². The van der Waals surface area contributed by atoms with Crippen LogP contribution in [0, 0.1) is 29.6 Å². The highest BCUT2D eigenvalue weighted by molar-refractivity contribution is 5.36. The smallest absolute Gasteiger partial charge is 0.0995 e. The summed E-state index contributed by atoms with van der Waals surface area (Å²) in [5, 5.41) is 10.4. The quantitative estimate of drug-likeness (QED) is 0.385. The lowest BCUT2D eigenvalue weighted by Gasteiger charge is -2.47. The Kier molecular flexibility index (Phi) is 6.55. The third-order valence-corrected chi connectivity index (χ3v) is 8.25. The van der Waals surface area contributed by atoms with Gasteiger partial charge >= 0.3 is 0 Å². The summed E-state index contributed by atoms with van der Waals surface area (Å²) in [5.74, 6) is 5.10. The van der Waals surface area contributed by atoms with E-state index in [0.717, 1.165) is 37.2 Å². The first kappa shape index (κ1) is 20.5. The van der Waals surface area contributed by atoms with E-state index in [0.29, 0.717) is 11.8 Å². The fourth-order valence-corrected chi connectivity index (χ4v) is 7.00. The summed E-state index contributed by atoms with van der Waals surface area (Å²) in [7, 11) is 0. The van der Waals surface area contributed by atoms with Crippen molar-refractivity contribution in [1.29, 1.82) is 0 Å². The Hall–Kier alpha value is -0.760. The van der Waals surface area contributed by atoms with E-state index >= 15 is 0 Å². The zero-order chi connectivity index (χ0) is 19.7. The van der Waals surface area contributed by atoms with Crippen LogP contribution in [0.15, 0.2) is 22.5 Å². The van der Waals surface area contributed by atoms with Crippen molar-refractivity contribution < 1.29 is 9.84 Å². The van der Waals surface area contributed by atoms with Crippen LogP contribution in [0.3, 0.4) is 0 Å². The summed E-state index contributed by atoms with van der Waals surface area (Å²) in [6.45, 7) is 7.86. The van der Waals surface area contributed by atoms with Crippen LogP contribution in [0.25, 0.3) is 0 Å². The Bertz CT molecular complexity index is 614. The highest BCUT2D eigenvalue weighted by Gasteiger charge is 2.48. The standard InChI is InChI=1S/C26H42O2/c1-4-5-6-13-28-26-16-18-7-8-20-21-11-12-25(27)23(21)10-9-22(20)24(18)15-19(26)14-17(2)3/h17,20-23,25,27H,4-16H2,1-3H3/t20-,21-,22-,23-,25-/m0/s1. The molecule has 2 heteroatoms. The number of hydrogen-bond acceptors (Lipinski definition) is 2. The number of aliphatic hydroxyl groups excluding tert-OH is 1. The normalized spacial score (nSPS) is 35.1. The van der Waals surface area contributed by atoms with Gasteiger partial charge in [-0.05, 0) is 93.0 Å². The number of fused-ring (bicyclic) bond motifs is 4. The molecular formula is C26H42O2. The summed E-state index contributed by atoms with van der Waals surface area (Å²) in [5.41, 5.74) is 5.16. The van der Waals surface area contributed by atoms with Crippen molar-refractivity contribution in [1.82, 2.24) is 0 Å². The van der Waals surface area contributed by atoms with Crippen LogP contribution >= 0.6 is 0 Å². The molecule has 2 nitrogen and oxygen atoms in total. The number of ether oxygens (including phenoxy) is 1. The van der Waals surface area contributed by atoms with Crippen LogP contribution in [0.1, 0.15) is 97.8 Å². The van der Waals surface area contributed by atoms with Gasteiger partial charge in [0.05, 0.1) is 18.5 Å². The minimum Gasteiger partial charge on any atom is -0.498 e. The lowest BCUT2D eigenvalue weighted by molar-refractivity contribution is 0.0447. The average Bonchev–Trinajstić information content (AvgIpc) is 3.06. The fraction of sp³-hybridized carbons (Fsp3) is 0.846. The molecule has 2 saturated carbocycles. The molecule has 4 rings (SSSR count). The Morgan fingerprint density at radius 2 is 1.79 bits per heavy atom. The summed E-state index contributed by atoms with van der Waals surface area (Å²) in [4.78, 5) is 0. The number of allylic oxidation sites excluding steroid dienone is 3. The maximum Gasteiger partial charge on any atom is 0.0995 e. The molecule has 158 valence electrons. The van der Waals surface area contributed by atoms with Gasteiger partial charge in [0.25, 0.3) is 0 Å². The van der Waals surface area contributed by atoms with Crippen LogP contribution < -0.4 is 0 Å². The van der Waals surface area contributed by atoms with Gasteiger partial charge in [-0.2, -0.15) is 0 Å². The van der Waals surface area contributed by atoms with Crippen molar-refractivity contribution in [3.63, 3.8) is 0 Å². The Morgan fingerprint density at radius 1 is 0.964 bits per heavy atom. The van der Waals surface area contributed by atoms with Crippen LogP contribution in [0.5, 0.6) is 0 Å². The molecule has 0 radical (unpaired) electrons. The van der Waals surface area contributed by atoms with Gasteiger partial charge in [0.15, 0.2) is 0 Å². The first-order valence-electron chi connectivity index (χ1n) is 12.3. The molecule has 0 aliphatic heterocycles. The maximum atomic E-state index is 10.4. The molecule has 5 atom stereocenters. The van der Waals surface area contributed by atoms with Crippen LogP contribution in [0.4, 0.5) is 0 Å². The van der Waals surface area contributed by atoms with E-state index in [2.05, 4.69) is 20.8 Å². The molecule has 4 aliphatic carbocycles. The highest BCUT2D eigenvalue weighted by Crippen LogP contribution is 2.56. The van der Waals surface area contributed by atoms with Crippen molar-refractivity contribution in [2.24, 2.45) is 29.6 Å². The van der Waals surface area contributed by atoms with E-state index < -0.39 is 0 Å². The maximum absolute atomic E-state index is 10.4. The summed E-state index contributed by atoms with van der Waals surface area (Å²) in [6, 6.07) is 0. The van der Waals surface area contributed by atoms with Gasteiger partial charge in [0, 0.05) is 6.42 Å². The molecule has 0 heterocycles. The number of unbranched alkanes of at least 4 members (excludes halogenated alkanes) is 2. The van der Waals surface area contributed by atoms with Crippen molar-refractivity contribution >= 4 is 0 Å². The number of hydrogen-bond donors (Lipinski definition) is 1. The zero-order valence-electron chi connectivity index (χ0n) is 18.5. The molecule has 0 spiro atoms. The van der Waals surface area contributed by atoms with E-state index in [9.17, 15) is 5.11 Å². The molecule has 0 bridgehead atoms. The van der Waals surface area contributed by atoms with Gasteiger partial charge < -0.3 is 9.84 Å². The second kappa shape index (κ2) is 8.94. The second-order valence-electron chi connectivity index (χ2n) is 10.5. The summed E-state index contributed by atoms with van der Waals surface area (Å²) >= 11 is 0. The van der Waals surface area contributed by atoms with Crippen molar-refractivity contribution in [3.8, 4) is 0 Å². The Morgan fingerprint density at radius 3 is 2.57 bits per heavy atom. The molecule has 0 aromatic heterocycles. The number of aliphatic hydroxyl groups is 1. The lowest BCUT2D eigenvalue weighted by atomic mass is 9.58. The molecule has 0 unspecified atom stereocenters. The largest absolute Gasteiger partial charge is 0.498 e. The average molecular weight is 387 g/mol. The predicted molar refractivity (Wildman–Crippen MR) is 116 cm³/mol. The predicted octanol–water partition coefficient (Wildman–Crippen LogP) is 6.79. The summed E-state index contributed by atoms with van der Waals surface area (Å²) in [6.07, 6.45) is 14.8. The molecular weight excluding hydrogens is 344 g/mol. The van der Waals surface area contributed by atoms with Crippen LogP contribution in [-0.2, 0) is 4.74 Å². The Balaban J connectivity index is 1.49. The van der Waals surface area contributed by atoms with Crippen molar-refractivity contribution in [3.05, 3.63) is 22.5 Å². The van der Waals surface area contributed by atoms with Crippen LogP contribution in [-0.4, -0.2) is 17.8 Å². The lowest BCUT2D eigenvalue weighted by Crippen LogP contribution is -2.38. The molecule has 0 amide bonds. The topological polar surface area (TPSA) is 29.5 Å². The van der Waals surface area contributed by atoms with Gasteiger partial charge in [0.2, 0.25) is 0 Å². The molecule has 0 aromatic carbocycles. The highest BCUT2D eigenvalue weighted by atomic mass is 16.5. The van der Waals surface area contributed by atoms with E-state index in [4.69, 9.17) is 4.74 Å². The summed E-state index contributed by atoms with van der Waals surface area (Å²) < 4.78 is 6.38. The SMILES string of the molecule is CCCCCOC1=C(CC(C)C)CC2=C(CC[C@H]3[C@@H]4CC[C@H](O)[C@H]4CC[C@H]23)C1. The molecule has 28 heavy (non-hydrogen) atoms. The van der Waals surface area contributed by atoms with Gasteiger partial charge in [-0.15, -0.1) is 0 Å². The second-order valence-corrected chi connectivity index (χ2v) is 10.5. The fourth-order valence-electron chi connectivity index (χ4n) is 7.00. The van der Waals surface area contributed by atoms with Gasteiger partial charge in [-0.1, -0.05) is 44.8 Å². The molecule has 1 N–H and O–H groups in total. The molecule has 2 fully saturated rings. The third-order valence-electron chi connectivity index (χ3n) is 8.25. The zero-order valence-corrected chi connectivity index (χ0v) is 18.5. The first-order chi connectivity index (χ1) is 13.6. The van der Waals surface area contributed by atoms with E-state index in [-0.39, 0.29) is 6.10 Å². The molecule has 0 aromatic rings. The minimum atomic E-state index is -0.00722. The third kappa shape index (κ3) is 4.09. The Labute approximate surface area is 172 Å².